The molecular formula is C29H39NO7S. The van der Waals surface area contributed by atoms with Gasteiger partial charge in [-0.05, 0) is 54.9 Å². The summed E-state index contributed by atoms with van der Waals surface area (Å²) in [5.74, 6) is -0.652. The number of aromatic hydroxyl groups is 1. The van der Waals surface area contributed by atoms with Gasteiger partial charge in [0.1, 0.15) is 11.9 Å². The molecule has 2 aromatic carbocycles. The van der Waals surface area contributed by atoms with Gasteiger partial charge in [-0.1, -0.05) is 50.2 Å². The van der Waals surface area contributed by atoms with Crippen molar-refractivity contribution in [3.63, 3.8) is 0 Å². The molecule has 0 spiro atoms. The molecule has 0 radical (unpaired) electrons. The zero-order valence-corrected chi connectivity index (χ0v) is 22.9. The first-order valence-corrected chi connectivity index (χ1v) is 14.9. The molecular weight excluding hydrogens is 506 g/mol. The van der Waals surface area contributed by atoms with Crippen LogP contribution in [-0.2, 0) is 30.7 Å². The lowest BCUT2D eigenvalue weighted by Crippen LogP contribution is -2.43. The second kappa shape index (κ2) is 12.6. The van der Waals surface area contributed by atoms with E-state index in [0.717, 1.165) is 25.0 Å². The third-order valence-electron chi connectivity index (χ3n) is 7.43. The fourth-order valence-corrected chi connectivity index (χ4v) is 7.21. The molecule has 0 amide bonds. The van der Waals surface area contributed by atoms with E-state index in [4.69, 9.17) is 9.47 Å². The van der Waals surface area contributed by atoms with E-state index in [-0.39, 0.29) is 54.3 Å². The molecule has 1 aliphatic carbocycles. The Hall–Kier alpha value is -2.46. The maximum Gasteiger partial charge on any atom is 0.306 e. The molecule has 4 rings (SSSR count). The summed E-state index contributed by atoms with van der Waals surface area (Å²) in [5, 5.41) is 21.2. The van der Waals surface area contributed by atoms with E-state index in [2.05, 4.69) is 0 Å². The highest BCUT2D eigenvalue weighted by molar-refractivity contribution is 7.89. The van der Waals surface area contributed by atoms with Crippen molar-refractivity contribution in [2.24, 2.45) is 17.8 Å². The molecule has 0 aromatic heterocycles. The lowest BCUT2D eigenvalue weighted by Gasteiger charge is -2.30. The number of benzene rings is 2. The quantitative estimate of drug-likeness (QED) is 0.391. The second-order valence-electron chi connectivity index (χ2n) is 11.0. The van der Waals surface area contributed by atoms with Gasteiger partial charge in [0.05, 0.1) is 23.5 Å². The number of rotatable bonds is 12. The normalized spacial score (nSPS) is 22.9. The van der Waals surface area contributed by atoms with E-state index in [0.29, 0.717) is 18.8 Å². The number of phenolic OH excluding ortho intramolecular Hbond substituents is 1. The molecule has 2 aliphatic rings. The summed E-state index contributed by atoms with van der Waals surface area (Å²) in [6, 6.07) is 15.1. The summed E-state index contributed by atoms with van der Waals surface area (Å²) in [6.45, 7) is 4.57. The van der Waals surface area contributed by atoms with E-state index in [1.807, 2.05) is 44.2 Å². The number of carbonyl (C=O) groups excluding carboxylic acids is 1. The van der Waals surface area contributed by atoms with E-state index in [1.165, 1.54) is 28.6 Å². The first-order chi connectivity index (χ1) is 18.1. The number of aliphatic hydroxyl groups excluding tert-OH is 1. The van der Waals surface area contributed by atoms with Gasteiger partial charge < -0.3 is 19.7 Å². The highest BCUT2D eigenvalue weighted by Crippen LogP contribution is 2.37. The fraction of sp³-hybridized carbons (Fsp3) is 0.552. The molecule has 9 heteroatoms. The first-order valence-electron chi connectivity index (χ1n) is 13.4. The maximum atomic E-state index is 13.5. The zero-order valence-electron chi connectivity index (χ0n) is 22.1. The molecule has 1 heterocycles. The molecule has 208 valence electrons. The van der Waals surface area contributed by atoms with Crippen molar-refractivity contribution >= 4 is 16.0 Å². The van der Waals surface area contributed by atoms with Crippen molar-refractivity contribution < 1.29 is 32.9 Å². The van der Waals surface area contributed by atoms with Crippen molar-refractivity contribution in [3.05, 3.63) is 60.2 Å². The van der Waals surface area contributed by atoms with Gasteiger partial charge in [-0.15, -0.1) is 0 Å². The largest absolute Gasteiger partial charge is 0.508 e. The summed E-state index contributed by atoms with van der Waals surface area (Å²) in [5.41, 5.74) is 0.944. The Morgan fingerprint density at radius 1 is 1.11 bits per heavy atom. The van der Waals surface area contributed by atoms with Gasteiger partial charge in [0.2, 0.25) is 10.0 Å². The summed E-state index contributed by atoms with van der Waals surface area (Å²) in [4.78, 5) is 13.0. The van der Waals surface area contributed by atoms with Crippen LogP contribution in [0.4, 0.5) is 0 Å². The Balaban J connectivity index is 1.49. The molecule has 1 saturated heterocycles. The number of carbonyl (C=O) groups is 1. The monoisotopic (exact) mass is 545 g/mol. The predicted molar refractivity (Wildman–Crippen MR) is 143 cm³/mol. The number of esters is 1. The Kier molecular flexibility index (Phi) is 9.46. The minimum absolute atomic E-state index is 0.00383. The van der Waals surface area contributed by atoms with Crippen LogP contribution in [0.1, 0.15) is 45.1 Å². The summed E-state index contributed by atoms with van der Waals surface area (Å²) < 4.78 is 39.7. The summed E-state index contributed by atoms with van der Waals surface area (Å²) in [6.07, 6.45) is 1.73. The standard InChI is InChI=1S/C29H39NO7S/c1-20(2)18-30(38(34,35)26-10-6-9-24(31)16-26)19-27(32)23(13-21-7-4-3-5-8-21)15-29(33)37-25-14-22-11-12-36-28(22)17-25/h3-10,16,20,22-23,25,27-28,31-32H,11-15,17-19H2,1-2H3/t22?,23-,25?,27-,28-/m1/s1. The highest BCUT2D eigenvalue weighted by atomic mass is 32.2. The van der Waals surface area contributed by atoms with Crippen molar-refractivity contribution in [3.8, 4) is 5.75 Å². The maximum absolute atomic E-state index is 13.5. The summed E-state index contributed by atoms with van der Waals surface area (Å²) >= 11 is 0. The Morgan fingerprint density at radius 2 is 1.87 bits per heavy atom. The minimum Gasteiger partial charge on any atom is -0.508 e. The fourth-order valence-electron chi connectivity index (χ4n) is 5.55. The number of phenols is 1. The van der Waals surface area contributed by atoms with Crippen molar-refractivity contribution in [1.82, 2.24) is 4.31 Å². The van der Waals surface area contributed by atoms with Gasteiger partial charge in [-0.2, -0.15) is 4.31 Å². The molecule has 5 atom stereocenters. The first kappa shape index (κ1) is 28.5. The molecule has 2 fully saturated rings. The SMILES string of the molecule is CC(C)CN(C[C@@H](O)[C@@H](CC(=O)OC1CC2CCO[C@@H]2C1)Cc1ccccc1)S(=O)(=O)c1cccc(O)c1. The lowest BCUT2D eigenvalue weighted by atomic mass is 9.90. The van der Waals surface area contributed by atoms with Crippen molar-refractivity contribution in [2.45, 2.75) is 69.2 Å². The van der Waals surface area contributed by atoms with Gasteiger partial charge in [0.25, 0.3) is 0 Å². The van der Waals surface area contributed by atoms with Gasteiger partial charge in [-0.3, -0.25) is 4.79 Å². The average molecular weight is 546 g/mol. The van der Waals surface area contributed by atoms with E-state index < -0.39 is 22.0 Å². The van der Waals surface area contributed by atoms with Crippen LogP contribution < -0.4 is 0 Å². The van der Waals surface area contributed by atoms with Gasteiger partial charge in [0.15, 0.2) is 0 Å². The van der Waals surface area contributed by atoms with Crippen LogP contribution >= 0.6 is 0 Å². The lowest BCUT2D eigenvalue weighted by molar-refractivity contribution is -0.151. The van der Waals surface area contributed by atoms with E-state index in [9.17, 15) is 23.4 Å². The van der Waals surface area contributed by atoms with Gasteiger partial charge in [0, 0.05) is 32.0 Å². The van der Waals surface area contributed by atoms with Crippen molar-refractivity contribution in [1.29, 1.82) is 0 Å². The van der Waals surface area contributed by atoms with Gasteiger partial charge in [-0.25, -0.2) is 8.42 Å². The third-order valence-corrected chi connectivity index (χ3v) is 9.26. The molecule has 2 aromatic rings. The second-order valence-corrected chi connectivity index (χ2v) is 12.9. The van der Waals surface area contributed by atoms with Gasteiger partial charge >= 0.3 is 5.97 Å². The molecule has 2 unspecified atom stereocenters. The molecule has 8 nitrogen and oxygen atoms in total. The Bertz CT molecular complexity index is 1160. The van der Waals surface area contributed by atoms with Crippen molar-refractivity contribution in [2.75, 3.05) is 19.7 Å². The molecule has 2 N–H and O–H groups in total. The molecule has 1 saturated carbocycles. The van der Waals surface area contributed by atoms with Crippen LogP contribution in [0.5, 0.6) is 5.75 Å². The predicted octanol–water partition coefficient (Wildman–Crippen LogP) is 3.76. The smallest absolute Gasteiger partial charge is 0.306 e. The third kappa shape index (κ3) is 7.34. The topological polar surface area (TPSA) is 113 Å². The van der Waals surface area contributed by atoms with Crippen LogP contribution in [-0.4, -0.2) is 66.9 Å². The molecule has 0 bridgehead atoms. The number of aliphatic hydroxyl groups is 1. The van der Waals surface area contributed by atoms with Crippen LogP contribution in [0.25, 0.3) is 0 Å². The number of fused-ring (bicyclic) bond motifs is 1. The number of nitrogens with zero attached hydrogens (tertiary/aromatic N) is 1. The minimum atomic E-state index is -3.99. The average Bonchev–Trinajstić information content (AvgIpc) is 3.45. The number of ether oxygens (including phenoxy) is 2. The van der Waals surface area contributed by atoms with Crippen LogP contribution in [0.3, 0.4) is 0 Å². The number of sulfonamides is 1. The van der Waals surface area contributed by atoms with Crippen LogP contribution in [0.15, 0.2) is 59.5 Å². The number of hydrogen-bond acceptors (Lipinski definition) is 7. The summed E-state index contributed by atoms with van der Waals surface area (Å²) in [7, 11) is -3.99. The molecule has 1 aliphatic heterocycles. The number of hydrogen-bond donors (Lipinski definition) is 2. The van der Waals surface area contributed by atoms with Crippen LogP contribution in [0.2, 0.25) is 0 Å². The Labute approximate surface area is 225 Å². The van der Waals surface area contributed by atoms with E-state index in [1.54, 1.807) is 0 Å². The van der Waals surface area contributed by atoms with Crippen LogP contribution in [0, 0.1) is 17.8 Å². The van der Waals surface area contributed by atoms with E-state index >= 15 is 0 Å². The highest BCUT2D eigenvalue weighted by Gasteiger charge is 2.40. The Morgan fingerprint density at radius 3 is 2.55 bits per heavy atom. The zero-order chi connectivity index (χ0) is 27.3. The molecule has 38 heavy (non-hydrogen) atoms.